The number of benzene rings is 3. The van der Waals surface area contributed by atoms with Crippen molar-refractivity contribution in [1.82, 2.24) is 14.4 Å². The van der Waals surface area contributed by atoms with Crippen molar-refractivity contribution < 1.29 is 10.2 Å². The topological polar surface area (TPSA) is 73.9 Å². The molecule has 5 aromatic rings. The van der Waals surface area contributed by atoms with Crippen LogP contribution in [0, 0.1) is 0 Å². The zero-order valence-corrected chi connectivity index (χ0v) is 22.6. The van der Waals surface area contributed by atoms with E-state index in [4.69, 9.17) is 9.97 Å². The number of aromatic nitrogens is 3. The summed E-state index contributed by atoms with van der Waals surface area (Å²) in [6.07, 6.45) is 14.7. The number of anilines is 1. The van der Waals surface area contributed by atoms with Crippen LogP contribution < -0.4 is 4.90 Å². The predicted octanol–water partition coefficient (Wildman–Crippen LogP) is 6.67. The van der Waals surface area contributed by atoms with Crippen molar-refractivity contribution in [2.75, 3.05) is 19.0 Å². The molecule has 6 nitrogen and oxygen atoms in total. The van der Waals surface area contributed by atoms with Gasteiger partial charge in [0.25, 0.3) is 0 Å². The van der Waals surface area contributed by atoms with Crippen molar-refractivity contribution in [2.45, 2.75) is 12.8 Å². The molecule has 6 heteroatoms. The standard InChI is InChI=1S/C34H32N4O2/c1-37(2)29-18-14-25(15-19-29)10-6-3-4-9-13-28-24-38-33(31(35-28)22-26-11-7-5-8-12-26)36-32(34(38)40)23-27-16-20-30(39)21-17-27/h3-21,24,39-40H,22-23H2,1-2H3/b4-3+,10-6+,13-9+. The molecule has 0 amide bonds. The maximum atomic E-state index is 11.1. The highest BCUT2D eigenvalue weighted by Gasteiger charge is 2.17. The molecule has 0 saturated carbocycles. The van der Waals surface area contributed by atoms with Crippen molar-refractivity contribution in [3.63, 3.8) is 0 Å². The SMILES string of the molecule is CN(C)c1ccc(/C=C/C=C/C=C/c2cn3c(O)c(Cc4ccc(O)cc4)nc3c(Cc3ccccc3)n2)cc1. The molecule has 0 bridgehead atoms. The Hall–Kier alpha value is -5.10. The van der Waals surface area contributed by atoms with Crippen LogP contribution in [0.1, 0.15) is 33.8 Å². The second-order valence-electron chi connectivity index (χ2n) is 9.78. The Balaban J connectivity index is 1.39. The summed E-state index contributed by atoms with van der Waals surface area (Å²) in [7, 11) is 4.06. The highest BCUT2D eigenvalue weighted by molar-refractivity contribution is 5.58. The number of imidazole rings is 1. The summed E-state index contributed by atoms with van der Waals surface area (Å²) in [5.74, 6) is 0.296. The number of allylic oxidation sites excluding steroid dienone is 4. The Labute approximate surface area is 234 Å². The summed E-state index contributed by atoms with van der Waals surface area (Å²) in [6, 6.07) is 25.4. The molecule has 2 heterocycles. The van der Waals surface area contributed by atoms with Crippen molar-refractivity contribution in [1.29, 1.82) is 0 Å². The molecule has 200 valence electrons. The Morgan fingerprint density at radius 1 is 0.700 bits per heavy atom. The number of phenols is 1. The van der Waals surface area contributed by atoms with Crippen LogP contribution in [0.2, 0.25) is 0 Å². The fourth-order valence-corrected chi connectivity index (χ4v) is 4.41. The normalized spacial score (nSPS) is 11.8. The quantitative estimate of drug-likeness (QED) is 0.209. The van der Waals surface area contributed by atoms with E-state index in [9.17, 15) is 10.2 Å². The lowest BCUT2D eigenvalue weighted by Gasteiger charge is -2.11. The molecule has 0 aliphatic carbocycles. The molecule has 40 heavy (non-hydrogen) atoms. The van der Waals surface area contributed by atoms with Gasteiger partial charge in [0.15, 0.2) is 5.65 Å². The highest BCUT2D eigenvalue weighted by atomic mass is 16.3. The Morgan fingerprint density at radius 3 is 2.05 bits per heavy atom. The number of nitrogens with zero attached hydrogens (tertiary/aromatic N) is 4. The lowest BCUT2D eigenvalue weighted by atomic mass is 10.1. The molecule has 2 aromatic heterocycles. The molecular weight excluding hydrogens is 496 g/mol. The third kappa shape index (κ3) is 6.48. The van der Waals surface area contributed by atoms with Crippen molar-refractivity contribution in [3.8, 4) is 11.6 Å². The molecule has 0 aliphatic heterocycles. The Morgan fingerprint density at radius 2 is 1.35 bits per heavy atom. The van der Waals surface area contributed by atoms with Crippen LogP contribution in [-0.2, 0) is 12.8 Å². The minimum atomic E-state index is 0.0909. The zero-order valence-electron chi connectivity index (χ0n) is 22.6. The van der Waals surface area contributed by atoms with Gasteiger partial charge in [-0.3, -0.25) is 4.40 Å². The molecule has 0 aliphatic rings. The number of phenolic OH excluding ortho intramolecular Hbond substituents is 1. The summed E-state index contributed by atoms with van der Waals surface area (Å²) in [4.78, 5) is 11.7. The third-order valence-electron chi connectivity index (χ3n) is 6.56. The average molecular weight is 529 g/mol. The summed E-state index contributed by atoms with van der Waals surface area (Å²) < 4.78 is 1.71. The largest absolute Gasteiger partial charge is 0.508 e. The van der Waals surface area contributed by atoms with Crippen molar-refractivity contribution >= 4 is 23.5 Å². The van der Waals surface area contributed by atoms with E-state index in [0.717, 1.165) is 28.1 Å². The van der Waals surface area contributed by atoms with Gasteiger partial charge < -0.3 is 15.1 Å². The van der Waals surface area contributed by atoms with Gasteiger partial charge >= 0.3 is 0 Å². The van der Waals surface area contributed by atoms with E-state index in [0.29, 0.717) is 24.2 Å². The van der Waals surface area contributed by atoms with E-state index in [1.807, 2.05) is 74.8 Å². The van der Waals surface area contributed by atoms with Crippen LogP contribution in [0.4, 0.5) is 5.69 Å². The van der Waals surface area contributed by atoms with Crippen LogP contribution in [0.15, 0.2) is 109 Å². The first-order valence-corrected chi connectivity index (χ1v) is 13.2. The third-order valence-corrected chi connectivity index (χ3v) is 6.56. The summed E-state index contributed by atoms with van der Waals surface area (Å²) in [5, 5.41) is 20.7. The Kier molecular flexibility index (Phi) is 8.07. The van der Waals surface area contributed by atoms with Gasteiger partial charge in [0.2, 0.25) is 5.88 Å². The van der Waals surface area contributed by atoms with Gasteiger partial charge in [-0.15, -0.1) is 0 Å². The minimum absolute atomic E-state index is 0.0909. The fourth-order valence-electron chi connectivity index (χ4n) is 4.41. The number of hydrogen-bond acceptors (Lipinski definition) is 5. The minimum Gasteiger partial charge on any atom is -0.508 e. The second kappa shape index (κ2) is 12.2. The summed E-state index contributed by atoms with van der Waals surface area (Å²) >= 11 is 0. The predicted molar refractivity (Wildman–Crippen MR) is 163 cm³/mol. The lowest BCUT2D eigenvalue weighted by molar-refractivity contribution is 0.442. The van der Waals surface area contributed by atoms with E-state index in [-0.39, 0.29) is 11.6 Å². The number of fused-ring (bicyclic) bond motifs is 1. The first-order valence-electron chi connectivity index (χ1n) is 13.2. The first-order chi connectivity index (χ1) is 19.5. The molecular formula is C34H32N4O2. The van der Waals surface area contributed by atoms with Gasteiger partial charge in [-0.05, 0) is 47.0 Å². The van der Waals surface area contributed by atoms with Gasteiger partial charge in [0, 0.05) is 38.8 Å². The fraction of sp³-hybridized carbons (Fsp3) is 0.118. The molecule has 0 unspecified atom stereocenters. The first kappa shape index (κ1) is 26.5. The number of rotatable bonds is 9. The number of aromatic hydroxyl groups is 2. The summed E-state index contributed by atoms with van der Waals surface area (Å²) in [5.41, 5.74) is 7.06. The van der Waals surface area contributed by atoms with Gasteiger partial charge in [0.05, 0.1) is 11.4 Å². The number of hydrogen-bond donors (Lipinski definition) is 2. The van der Waals surface area contributed by atoms with Gasteiger partial charge in [-0.25, -0.2) is 9.97 Å². The molecule has 0 atom stereocenters. The van der Waals surface area contributed by atoms with E-state index < -0.39 is 0 Å². The van der Waals surface area contributed by atoms with E-state index in [1.165, 1.54) is 5.69 Å². The monoisotopic (exact) mass is 528 g/mol. The average Bonchev–Trinajstić information content (AvgIpc) is 3.27. The maximum Gasteiger partial charge on any atom is 0.219 e. The van der Waals surface area contributed by atoms with E-state index in [2.05, 4.69) is 47.4 Å². The lowest BCUT2D eigenvalue weighted by Crippen LogP contribution is -2.07. The van der Waals surface area contributed by atoms with E-state index >= 15 is 0 Å². The Bertz CT molecular complexity index is 1660. The van der Waals surface area contributed by atoms with Crippen molar-refractivity contribution in [2.24, 2.45) is 0 Å². The summed E-state index contributed by atoms with van der Waals surface area (Å²) in [6.45, 7) is 0. The molecule has 0 saturated heterocycles. The maximum absolute atomic E-state index is 11.1. The van der Waals surface area contributed by atoms with Crippen LogP contribution in [0.25, 0.3) is 17.8 Å². The molecule has 3 aromatic carbocycles. The van der Waals surface area contributed by atoms with Crippen LogP contribution in [0.3, 0.4) is 0 Å². The van der Waals surface area contributed by atoms with Gasteiger partial charge in [0.1, 0.15) is 11.4 Å². The molecule has 5 rings (SSSR count). The molecule has 2 N–H and O–H groups in total. The van der Waals surface area contributed by atoms with Crippen LogP contribution >= 0.6 is 0 Å². The van der Waals surface area contributed by atoms with Crippen molar-refractivity contribution in [3.05, 3.63) is 143 Å². The molecule has 0 radical (unpaired) electrons. The smallest absolute Gasteiger partial charge is 0.219 e. The second-order valence-corrected chi connectivity index (χ2v) is 9.78. The van der Waals surface area contributed by atoms with Gasteiger partial charge in [-0.1, -0.05) is 85.0 Å². The van der Waals surface area contributed by atoms with Gasteiger partial charge in [-0.2, -0.15) is 0 Å². The highest BCUT2D eigenvalue weighted by Crippen LogP contribution is 2.26. The zero-order chi connectivity index (χ0) is 27.9. The molecule has 0 fully saturated rings. The van der Waals surface area contributed by atoms with E-state index in [1.54, 1.807) is 22.7 Å². The van der Waals surface area contributed by atoms with Crippen LogP contribution in [0.5, 0.6) is 11.6 Å². The molecule has 0 spiro atoms. The van der Waals surface area contributed by atoms with Crippen LogP contribution in [-0.4, -0.2) is 38.7 Å².